The van der Waals surface area contributed by atoms with Crippen LogP contribution in [0.5, 0.6) is 0 Å². The van der Waals surface area contributed by atoms with Crippen molar-refractivity contribution in [2.75, 3.05) is 51.0 Å². The van der Waals surface area contributed by atoms with Crippen molar-refractivity contribution < 1.29 is 18.7 Å². The quantitative estimate of drug-likeness (QED) is 0.725. The summed E-state index contributed by atoms with van der Waals surface area (Å²) < 4.78 is 11.2. The zero-order valence-electron chi connectivity index (χ0n) is 17.9. The lowest BCUT2D eigenvalue weighted by molar-refractivity contribution is 0.0298. The van der Waals surface area contributed by atoms with Crippen LogP contribution in [0.25, 0.3) is 0 Å². The van der Waals surface area contributed by atoms with E-state index in [9.17, 15) is 9.59 Å². The van der Waals surface area contributed by atoms with Gasteiger partial charge in [0.15, 0.2) is 11.6 Å². The zero-order chi connectivity index (χ0) is 21.8. The number of carbonyl (C=O) groups excluding carboxylic acids is 2. The van der Waals surface area contributed by atoms with Crippen LogP contribution in [-0.2, 0) is 4.74 Å². The maximum Gasteiger partial charge on any atom is 0.321 e. The monoisotopic (exact) mass is 444 g/mol. The number of hydrogen-bond acceptors (Lipinski definition) is 6. The Morgan fingerprint density at radius 3 is 2.39 bits per heavy atom. The first-order valence-electron chi connectivity index (χ1n) is 10.6. The molecule has 3 amide bonds. The second-order valence-corrected chi connectivity index (χ2v) is 8.66. The average molecular weight is 445 g/mol. The van der Waals surface area contributed by atoms with E-state index >= 15 is 0 Å². The van der Waals surface area contributed by atoms with Crippen molar-refractivity contribution in [2.45, 2.75) is 30.6 Å². The van der Waals surface area contributed by atoms with E-state index in [0.29, 0.717) is 56.7 Å². The molecule has 31 heavy (non-hydrogen) atoms. The highest BCUT2D eigenvalue weighted by molar-refractivity contribution is 7.98. The van der Waals surface area contributed by atoms with E-state index in [-0.39, 0.29) is 17.9 Å². The molecule has 8 nitrogen and oxygen atoms in total. The van der Waals surface area contributed by atoms with Gasteiger partial charge in [-0.3, -0.25) is 4.79 Å². The molecule has 166 valence electrons. The van der Waals surface area contributed by atoms with Crippen LogP contribution in [0.3, 0.4) is 0 Å². The van der Waals surface area contributed by atoms with Crippen LogP contribution < -0.4 is 5.32 Å². The summed E-state index contributed by atoms with van der Waals surface area (Å²) in [5.41, 5.74) is 1.19. The van der Waals surface area contributed by atoms with Crippen molar-refractivity contribution in [2.24, 2.45) is 0 Å². The van der Waals surface area contributed by atoms with Crippen molar-refractivity contribution in [3.05, 3.63) is 41.6 Å². The first kappa shape index (κ1) is 21.7. The summed E-state index contributed by atoms with van der Waals surface area (Å²) in [4.78, 5) is 34.6. The second-order valence-electron chi connectivity index (χ2n) is 7.78. The number of thioether (sulfide) groups is 1. The van der Waals surface area contributed by atoms with Crippen molar-refractivity contribution in [3.63, 3.8) is 0 Å². The maximum absolute atomic E-state index is 12.8. The van der Waals surface area contributed by atoms with Crippen LogP contribution in [-0.4, -0.2) is 72.4 Å². The second kappa shape index (κ2) is 9.74. The first-order chi connectivity index (χ1) is 15.0. The Balaban J connectivity index is 1.33. The molecule has 4 rings (SSSR count). The smallest absolute Gasteiger partial charge is 0.321 e. The van der Waals surface area contributed by atoms with Crippen molar-refractivity contribution in [1.82, 2.24) is 14.8 Å². The zero-order valence-corrected chi connectivity index (χ0v) is 18.7. The van der Waals surface area contributed by atoms with Gasteiger partial charge < -0.3 is 24.3 Å². The molecule has 0 saturated carbocycles. The van der Waals surface area contributed by atoms with Crippen LogP contribution in [0.4, 0.5) is 10.5 Å². The van der Waals surface area contributed by atoms with Gasteiger partial charge in [0.2, 0.25) is 0 Å². The number of nitrogens with one attached hydrogen (secondary N) is 1. The van der Waals surface area contributed by atoms with E-state index in [4.69, 9.17) is 9.15 Å². The summed E-state index contributed by atoms with van der Waals surface area (Å²) in [5, 5.41) is 2.96. The number of anilines is 1. The number of nitrogens with zero attached hydrogens (tertiary/aromatic N) is 3. The third-order valence-corrected chi connectivity index (χ3v) is 6.53. The van der Waals surface area contributed by atoms with E-state index in [1.807, 2.05) is 35.4 Å². The van der Waals surface area contributed by atoms with Gasteiger partial charge in [0.1, 0.15) is 5.76 Å². The lowest BCUT2D eigenvalue weighted by Gasteiger charge is -2.30. The molecule has 0 unspecified atom stereocenters. The van der Waals surface area contributed by atoms with Gasteiger partial charge in [-0.05, 0) is 50.3 Å². The van der Waals surface area contributed by atoms with Gasteiger partial charge >= 0.3 is 6.03 Å². The number of likely N-dealkylation sites (tertiary alicyclic amines) is 1. The fourth-order valence-electron chi connectivity index (χ4n) is 3.91. The van der Waals surface area contributed by atoms with Gasteiger partial charge in [0.05, 0.1) is 13.2 Å². The lowest BCUT2D eigenvalue weighted by atomic mass is 9.97. The summed E-state index contributed by atoms with van der Waals surface area (Å²) in [5.74, 6) is 1.16. The number of piperidine rings is 1. The van der Waals surface area contributed by atoms with E-state index < -0.39 is 0 Å². The molecular formula is C22H28N4O4S. The Morgan fingerprint density at radius 1 is 1.06 bits per heavy atom. The Morgan fingerprint density at radius 2 is 1.74 bits per heavy atom. The lowest BCUT2D eigenvalue weighted by Crippen LogP contribution is -2.41. The van der Waals surface area contributed by atoms with E-state index in [1.54, 1.807) is 23.6 Å². The Kier molecular flexibility index (Phi) is 6.82. The number of aryl methyl sites for hydroxylation is 1. The molecule has 0 atom stereocenters. The highest BCUT2D eigenvalue weighted by atomic mass is 32.2. The summed E-state index contributed by atoms with van der Waals surface area (Å²) in [7, 11) is 0. The highest BCUT2D eigenvalue weighted by Crippen LogP contribution is 2.29. The molecule has 2 fully saturated rings. The molecule has 2 aliphatic heterocycles. The predicted octanol–water partition coefficient (Wildman–Crippen LogP) is 3.59. The number of morpholine rings is 1. The summed E-state index contributed by atoms with van der Waals surface area (Å²) in [6, 6.07) is 7.72. The number of aromatic nitrogens is 1. The van der Waals surface area contributed by atoms with E-state index in [1.165, 1.54) is 0 Å². The van der Waals surface area contributed by atoms with Gasteiger partial charge in [0, 0.05) is 42.7 Å². The molecule has 1 aromatic heterocycles. The number of rotatable bonds is 4. The molecule has 9 heteroatoms. The molecule has 1 N–H and O–H groups in total. The molecule has 2 aliphatic rings. The molecule has 0 aliphatic carbocycles. The number of amides is 3. The third-order valence-electron chi connectivity index (χ3n) is 5.79. The third kappa shape index (κ3) is 5.04. The fraction of sp³-hybridized carbons (Fsp3) is 0.500. The summed E-state index contributed by atoms with van der Waals surface area (Å²) in [6.07, 6.45) is 3.53. The van der Waals surface area contributed by atoms with Crippen LogP contribution in [0, 0.1) is 6.92 Å². The van der Waals surface area contributed by atoms with Gasteiger partial charge in [-0.2, -0.15) is 0 Å². The molecule has 1 aromatic carbocycles. The molecule has 0 radical (unpaired) electrons. The number of hydrogen-bond donors (Lipinski definition) is 1. The minimum absolute atomic E-state index is 0.0953. The van der Waals surface area contributed by atoms with Crippen LogP contribution in [0.1, 0.15) is 40.9 Å². The minimum atomic E-state index is -0.0971. The Labute approximate surface area is 186 Å². The maximum atomic E-state index is 12.8. The first-order valence-corrected chi connectivity index (χ1v) is 11.8. The van der Waals surface area contributed by atoms with Crippen molar-refractivity contribution >= 4 is 29.4 Å². The van der Waals surface area contributed by atoms with Crippen LogP contribution in [0.15, 0.2) is 33.6 Å². The normalized spacial score (nSPS) is 17.6. The topological polar surface area (TPSA) is 87.9 Å². The number of ether oxygens (including phenoxy) is 1. The average Bonchev–Trinajstić information content (AvgIpc) is 3.21. The highest BCUT2D eigenvalue weighted by Gasteiger charge is 2.30. The minimum Gasteiger partial charge on any atom is -0.445 e. The SMILES string of the molecule is CSc1ccc(NC(=O)N2CCC(c3nc(C(=O)N4CCOCC4)c(C)o3)CC2)cc1. The number of carbonyl (C=O) groups is 2. The van der Waals surface area contributed by atoms with Gasteiger partial charge in [-0.1, -0.05) is 0 Å². The Bertz CT molecular complexity index is 916. The Hall–Kier alpha value is -2.52. The van der Waals surface area contributed by atoms with Crippen molar-refractivity contribution in [3.8, 4) is 0 Å². The molecule has 2 saturated heterocycles. The predicted molar refractivity (Wildman–Crippen MR) is 119 cm³/mol. The largest absolute Gasteiger partial charge is 0.445 e. The standard InChI is InChI=1S/C22H28N4O4S/c1-15-19(21(27)25-11-13-29-14-12-25)24-20(30-15)16-7-9-26(10-8-16)22(28)23-17-3-5-18(31-2)6-4-17/h3-6,16H,7-14H2,1-2H3,(H,23,28). The molecular weight excluding hydrogens is 416 g/mol. The van der Waals surface area contributed by atoms with Crippen LogP contribution >= 0.6 is 11.8 Å². The van der Waals surface area contributed by atoms with Gasteiger partial charge in [-0.25, -0.2) is 9.78 Å². The van der Waals surface area contributed by atoms with Crippen molar-refractivity contribution in [1.29, 1.82) is 0 Å². The molecule has 3 heterocycles. The number of oxazole rings is 1. The molecule has 0 bridgehead atoms. The molecule has 0 spiro atoms. The molecule has 2 aromatic rings. The van der Waals surface area contributed by atoms with Crippen LogP contribution in [0.2, 0.25) is 0 Å². The van der Waals surface area contributed by atoms with Gasteiger partial charge in [0.25, 0.3) is 5.91 Å². The summed E-state index contributed by atoms with van der Waals surface area (Å²) in [6.45, 7) is 5.29. The van der Waals surface area contributed by atoms with Gasteiger partial charge in [-0.15, -0.1) is 11.8 Å². The number of benzene rings is 1. The summed E-state index contributed by atoms with van der Waals surface area (Å²) >= 11 is 1.67. The fourth-order valence-corrected chi connectivity index (χ4v) is 4.32. The van der Waals surface area contributed by atoms with E-state index in [0.717, 1.165) is 23.4 Å². The number of urea groups is 1. The van der Waals surface area contributed by atoms with E-state index in [2.05, 4.69) is 10.3 Å².